The Kier molecular flexibility index (Phi) is 2.86. The molecule has 0 aliphatic heterocycles. The first-order valence-electron chi connectivity index (χ1n) is 6.98. The summed E-state index contributed by atoms with van der Waals surface area (Å²) < 4.78 is 4.31. The van der Waals surface area contributed by atoms with Crippen LogP contribution in [0, 0.1) is 6.07 Å². The van der Waals surface area contributed by atoms with Crippen molar-refractivity contribution in [1.29, 1.82) is 0 Å². The topological polar surface area (TPSA) is 22.2 Å². The Bertz CT molecular complexity index is 1150. The molecule has 3 heterocycles. The molecular formula is C18H12IrN3-. The van der Waals surface area contributed by atoms with Gasteiger partial charge in [0.05, 0.1) is 16.7 Å². The van der Waals surface area contributed by atoms with Gasteiger partial charge in [0.15, 0.2) is 0 Å². The van der Waals surface area contributed by atoms with E-state index in [4.69, 9.17) is 4.98 Å². The van der Waals surface area contributed by atoms with Gasteiger partial charge < -0.3 is 8.97 Å². The van der Waals surface area contributed by atoms with Crippen LogP contribution in [0.4, 0.5) is 0 Å². The maximum absolute atomic E-state index is 4.80. The van der Waals surface area contributed by atoms with Crippen LogP contribution in [0.1, 0.15) is 0 Å². The molecule has 0 atom stereocenters. The predicted molar refractivity (Wildman–Crippen MR) is 85.5 cm³/mol. The minimum absolute atomic E-state index is 0. The third kappa shape index (κ3) is 1.62. The van der Waals surface area contributed by atoms with Crippen LogP contribution < -0.4 is 0 Å². The zero-order valence-electron chi connectivity index (χ0n) is 11.9. The molecule has 0 unspecified atom stereocenters. The zero-order chi connectivity index (χ0) is 14.0. The van der Waals surface area contributed by atoms with E-state index in [1.54, 1.807) is 0 Å². The van der Waals surface area contributed by atoms with E-state index in [-0.39, 0.29) is 20.1 Å². The number of hydrogen-bond donors (Lipinski definition) is 0. The van der Waals surface area contributed by atoms with Crippen LogP contribution in [0.2, 0.25) is 0 Å². The van der Waals surface area contributed by atoms with Crippen molar-refractivity contribution in [2.45, 2.75) is 0 Å². The fraction of sp³-hybridized carbons (Fsp3) is 0.0556. The van der Waals surface area contributed by atoms with E-state index < -0.39 is 0 Å². The van der Waals surface area contributed by atoms with E-state index in [2.05, 4.69) is 64.8 Å². The molecule has 0 saturated carbocycles. The van der Waals surface area contributed by atoms with Crippen molar-refractivity contribution in [2.24, 2.45) is 7.05 Å². The Hall–Kier alpha value is -2.16. The first-order valence-corrected chi connectivity index (χ1v) is 6.98. The van der Waals surface area contributed by atoms with Gasteiger partial charge in [-0.05, 0) is 29.1 Å². The maximum atomic E-state index is 4.80. The molecule has 5 aromatic rings. The Labute approximate surface area is 140 Å². The van der Waals surface area contributed by atoms with Crippen molar-refractivity contribution < 1.29 is 20.1 Å². The molecule has 3 nitrogen and oxygen atoms in total. The molecule has 2 aromatic carbocycles. The molecule has 0 bridgehead atoms. The molecule has 0 spiro atoms. The van der Waals surface area contributed by atoms with Crippen LogP contribution in [0.5, 0.6) is 0 Å². The molecule has 4 heteroatoms. The summed E-state index contributed by atoms with van der Waals surface area (Å²) in [5, 5.41) is 3.52. The Morgan fingerprint density at radius 2 is 1.91 bits per heavy atom. The number of para-hydroxylation sites is 2. The molecule has 0 aliphatic carbocycles. The standard InChI is InChI=1S/C18H12N3.Ir/c1-20-10-9-12-11-21-15-7-3-2-6-14(15)19-18(21)13-5-4-8-16(20)17(12)13;/h2-4,6-11H,1H3;/q-1;. The number of fused-ring (bicyclic) bond motifs is 4. The fourth-order valence-corrected chi connectivity index (χ4v) is 3.20. The molecule has 22 heavy (non-hydrogen) atoms. The average Bonchev–Trinajstić information content (AvgIpc) is 2.90. The third-order valence-corrected chi connectivity index (χ3v) is 4.21. The van der Waals surface area contributed by atoms with Gasteiger partial charge in [0, 0.05) is 39.5 Å². The first-order chi connectivity index (χ1) is 10.3. The van der Waals surface area contributed by atoms with Gasteiger partial charge in [0.25, 0.3) is 0 Å². The van der Waals surface area contributed by atoms with E-state index in [0.29, 0.717) is 0 Å². The number of pyridine rings is 2. The molecule has 0 saturated heterocycles. The molecule has 3 aromatic heterocycles. The van der Waals surface area contributed by atoms with E-state index in [1.165, 1.54) is 16.3 Å². The number of benzene rings is 2. The molecule has 0 amide bonds. The average molecular weight is 463 g/mol. The Balaban J connectivity index is 0.00000125. The molecule has 5 rings (SSSR count). The van der Waals surface area contributed by atoms with Crippen LogP contribution in [-0.2, 0) is 27.2 Å². The van der Waals surface area contributed by atoms with Gasteiger partial charge in [-0.2, -0.15) is 0 Å². The normalized spacial score (nSPS) is 11.5. The number of hydrogen-bond acceptors (Lipinski definition) is 1. The van der Waals surface area contributed by atoms with Crippen LogP contribution in [-0.4, -0.2) is 14.0 Å². The first kappa shape index (κ1) is 13.5. The van der Waals surface area contributed by atoms with Crippen LogP contribution in [0.15, 0.2) is 54.9 Å². The number of aromatic nitrogens is 3. The Morgan fingerprint density at radius 1 is 1.05 bits per heavy atom. The van der Waals surface area contributed by atoms with Crippen molar-refractivity contribution in [2.75, 3.05) is 0 Å². The van der Waals surface area contributed by atoms with Crippen molar-refractivity contribution in [1.82, 2.24) is 14.0 Å². The van der Waals surface area contributed by atoms with Gasteiger partial charge in [-0.1, -0.05) is 22.9 Å². The summed E-state index contributed by atoms with van der Waals surface area (Å²) in [6, 6.07) is 17.9. The molecular weight excluding hydrogens is 450 g/mol. The van der Waals surface area contributed by atoms with Crippen molar-refractivity contribution in [3.8, 4) is 0 Å². The van der Waals surface area contributed by atoms with E-state index in [1.807, 2.05) is 12.1 Å². The molecule has 0 aliphatic rings. The summed E-state index contributed by atoms with van der Waals surface area (Å²) in [4.78, 5) is 4.80. The summed E-state index contributed by atoms with van der Waals surface area (Å²) in [5.41, 5.74) is 4.33. The van der Waals surface area contributed by atoms with Crippen molar-refractivity contribution in [3.05, 3.63) is 60.9 Å². The van der Waals surface area contributed by atoms with Gasteiger partial charge in [-0.15, -0.1) is 18.2 Å². The number of rotatable bonds is 0. The molecule has 109 valence electrons. The smallest absolute Gasteiger partial charge is 0.0774 e. The summed E-state index contributed by atoms with van der Waals surface area (Å²) in [7, 11) is 2.07. The minimum atomic E-state index is 0. The van der Waals surface area contributed by atoms with Crippen molar-refractivity contribution >= 4 is 38.4 Å². The van der Waals surface area contributed by atoms with Gasteiger partial charge in [-0.3, -0.25) is 4.98 Å². The van der Waals surface area contributed by atoms with Crippen LogP contribution in [0.25, 0.3) is 38.4 Å². The maximum Gasteiger partial charge on any atom is 0.0774 e. The SMILES string of the molecule is Cn1ccc2cn3c4ccccc4nc3c3[c-]ccc1c23.[Ir]. The monoisotopic (exact) mass is 463 g/mol. The van der Waals surface area contributed by atoms with Gasteiger partial charge in [-0.25, -0.2) is 0 Å². The van der Waals surface area contributed by atoms with E-state index >= 15 is 0 Å². The van der Waals surface area contributed by atoms with E-state index in [9.17, 15) is 0 Å². The largest absolute Gasteiger partial charge is 0.367 e. The van der Waals surface area contributed by atoms with Gasteiger partial charge in [0.1, 0.15) is 0 Å². The third-order valence-electron chi connectivity index (χ3n) is 4.21. The Morgan fingerprint density at radius 3 is 2.82 bits per heavy atom. The summed E-state index contributed by atoms with van der Waals surface area (Å²) in [5.74, 6) is 0. The van der Waals surface area contributed by atoms with Crippen LogP contribution in [0.3, 0.4) is 0 Å². The second kappa shape index (κ2) is 4.67. The van der Waals surface area contributed by atoms with Crippen LogP contribution >= 0.6 is 0 Å². The molecule has 0 fully saturated rings. The number of aryl methyl sites for hydroxylation is 1. The summed E-state index contributed by atoms with van der Waals surface area (Å²) >= 11 is 0. The minimum Gasteiger partial charge on any atom is -0.367 e. The second-order valence-electron chi connectivity index (χ2n) is 5.42. The molecule has 0 N–H and O–H groups in total. The van der Waals surface area contributed by atoms with Crippen molar-refractivity contribution in [3.63, 3.8) is 0 Å². The number of nitrogens with zero attached hydrogens (tertiary/aromatic N) is 3. The predicted octanol–water partition coefficient (Wildman–Crippen LogP) is 3.93. The van der Waals surface area contributed by atoms with E-state index in [0.717, 1.165) is 22.1 Å². The zero-order valence-corrected chi connectivity index (χ0v) is 14.3. The summed E-state index contributed by atoms with van der Waals surface area (Å²) in [6.07, 6.45) is 4.27. The van der Waals surface area contributed by atoms with Gasteiger partial charge in [0.2, 0.25) is 0 Å². The number of imidazole rings is 1. The quantitative estimate of drug-likeness (QED) is 0.320. The molecule has 1 radical (unpaired) electrons. The fourth-order valence-electron chi connectivity index (χ4n) is 3.20. The van der Waals surface area contributed by atoms with Gasteiger partial charge >= 0.3 is 0 Å². The second-order valence-corrected chi connectivity index (χ2v) is 5.42. The summed E-state index contributed by atoms with van der Waals surface area (Å²) in [6.45, 7) is 0.